The molecule has 0 amide bonds. The molecule has 1 atom stereocenters. The zero-order valence-electron chi connectivity index (χ0n) is 17.4. The fourth-order valence-electron chi connectivity index (χ4n) is 3.61. The van der Waals surface area contributed by atoms with Gasteiger partial charge in [-0.1, -0.05) is 11.6 Å². The summed E-state index contributed by atoms with van der Waals surface area (Å²) in [4.78, 5) is 20.1. The van der Waals surface area contributed by atoms with Gasteiger partial charge in [0.05, 0.1) is 12.2 Å². The Hall–Kier alpha value is -2.41. The first-order chi connectivity index (χ1) is 14.5. The molecule has 1 aromatic heterocycles. The first kappa shape index (κ1) is 22.3. The third-order valence-electron chi connectivity index (χ3n) is 5.26. The lowest BCUT2D eigenvalue weighted by atomic mass is 10.0. The minimum Gasteiger partial charge on any atom is -0.461 e. The minimum absolute atomic E-state index is 0.0201. The summed E-state index contributed by atoms with van der Waals surface area (Å²) >= 11 is 1.36. The fraction of sp³-hybridized carbons (Fsp3) is 0.571. The number of thiophene rings is 1. The van der Waals surface area contributed by atoms with E-state index in [0.29, 0.717) is 16.0 Å². The van der Waals surface area contributed by atoms with Gasteiger partial charge in [0.1, 0.15) is 23.8 Å². The maximum atomic E-state index is 11.9. The molecule has 0 bridgehead atoms. The molecule has 0 aliphatic carbocycles. The molecular weight excluding hydrogens is 404 g/mol. The Morgan fingerprint density at radius 3 is 2.93 bits per heavy atom. The van der Waals surface area contributed by atoms with Gasteiger partial charge in [-0.2, -0.15) is 5.26 Å². The highest BCUT2D eigenvalue weighted by atomic mass is 32.1. The summed E-state index contributed by atoms with van der Waals surface area (Å²) in [6, 6.07) is 2.25. The number of aliphatic hydroxyl groups is 1. The number of anilines is 1. The van der Waals surface area contributed by atoms with Crippen molar-refractivity contribution < 1.29 is 19.5 Å². The van der Waals surface area contributed by atoms with Crippen molar-refractivity contribution in [2.45, 2.75) is 39.2 Å². The number of nitriles is 1. The van der Waals surface area contributed by atoms with Gasteiger partial charge >= 0.3 is 5.97 Å². The van der Waals surface area contributed by atoms with Gasteiger partial charge in [0, 0.05) is 23.5 Å². The zero-order valence-corrected chi connectivity index (χ0v) is 18.3. The topological polar surface area (TPSA) is 107 Å². The molecule has 2 aliphatic heterocycles. The summed E-state index contributed by atoms with van der Waals surface area (Å²) in [5.41, 5.74) is 1.80. The molecular formula is C21H28N4O4S. The van der Waals surface area contributed by atoms with Crippen LogP contribution in [0.5, 0.6) is 0 Å². The molecule has 8 nitrogen and oxygen atoms in total. The van der Waals surface area contributed by atoms with Gasteiger partial charge in [-0.15, -0.1) is 11.3 Å². The van der Waals surface area contributed by atoms with E-state index in [1.54, 1.807) is 6.92 Å². The van der Waals surface area contributed by atoms with Crippen LogP contribution in [-0.2, 0) is 14.4 Å². The molecule has 0 radical (unpaired) electrons. The Balaban J connectivity index is 1.71. The molecule has 162 valence electrons. The molecule has 1 fully saturated rings. The Kier molecular flexibility index (Phi) is 7.85. The lowest BCUT2D eigenvalue weighted by Gasteiger charge is -2.26. The lowest BCUT2D eigenvalue weighted by molar-refractivity contribution is -0.135. The number of rotatable bonds is 8. The van der Waals surface area contributed by atoms with Crippen LogP contribution >= 0.6 is 11.3 Å². The summed E-state index contributed by atoms with van der Waals surface area (Å²) in [5.74, 6) is -0.595. The molecule has 1 aromatic rings. The number of piperidine rings is 1. The molecule has 3 rings (SSSR count). The minimum atomic E-state index is -0.986. The Labute approximate surface area is 180 Å². The number of carbonyl (C=O) groups is 1. The molecule has 0 saturated carbocycles. The number of oxime groups is 1. The molecule has 1 saturated heterocycles. The molecule has 0 aromatic carbocycles. The van der Waals surface area contributed by atoms with E-state index in [1.165, 1.54) is 36.7 Å². The van der Waals surface area contributed by atoms with E-state index >= 15 is 0 Å². The number of esters is 1. The van der Waals surface area contributed by atoms with Crippen LogP contribution in [-0.4, -0.2) is 61.1 Å². The number of ether oxygens (including phenoxy) is 1. The number of aliphatic hydroxyl groups excluding tert-OH is 1. The summed E-state index contributed by atoms with van der Waals surface area (Å²) in [5, 5.41) is 28.4. The van der Waals surface area contributed by atoms with Crippen LogP contribution in [0.15, 0.2) is 16.8 Å². The largest absolute Gasteiger partial charge is 0.461 e. The second kappa shape index (κ2) is 10.6. The molecule has 9 heteroatoms. The number of carbonyl (C=O) groups excluding carboxylic acids is 1. The van der Waals surface area contributed by atoms with Crippen molar-refractivity contribution in [3.8, 4) is 6.07 Å². The highest BCUT2D eigenvalue weighted by molar-refractivity contribution is 7.16. The van der Waals surface area contributed by atoms with Crippen LogP contribution in [0.25, 0.3) is 0 Å². The molecule has 0 spiro atoms. The highest BCUT2D eigenvalue weighted by Crippen LogP contribution is 2.39. The number of hydrogen-bond acceptors (Lipinski definition) is 9. The standard InChI is InChI=1S/C21H28N4O4S/c1-3-28-21(27)17-11-15(13-29-24-17)18(26)19-14(2)16(12-22)20(30-19)23-7-10-25-8-5-4-6-9-25/h11,18,23,26H,3-10,13H2,1-2H3. The molecule has 2 N–H and O–H groups in total. The summed E-state index contributed by atoms with van der Waals surface area (Å²) in [6.45, 7) is 7.76. The van der Waals surface area contributed by atoms with Gasteiger partial charge in [0.2, 0.25) is 0 Å². The van der Waals surface area contributed by atoms with Crippen LogP contribution < -0.4 is 5.32 Å². The second-order valence-electron chi connectivity index (χ2n) is 7.33. The Morgan fingerprint density at radius 1 is 1.47 bits per heavy atom. The van der Waals surface area contributed by atoms with Crippen molar-refractivity contribution in [3.63, 3.8) is 0 Å². The molecule has 1 unspecified atom stereocenters. The van der Waals surface area contributed by atoms with E-state index in [1.807, 2.05) is 6.92 Å². The van der Waals surface area contributed by atoms with Gasteiger partial charge in [-0.25, -0.2) is 4.79 Å². The van der Waals surface area contributed by atoms with Gasteiger partial charge < -0.3 is 24.9 Å². The first-order valence-electron chi connectivity index (χ1n) is 10.3. The summed E-state index contributed by atoms with van der Waals surface area (Å²) < 4.78 is 4.94. The van der Waals surface area contributed by atoms with Crippen molar-refractivity contribution in [3.05, 3.63) is 27.7 Å². The number of likely N-dealkylation sites (tertiary alicyclic amines) is 1. The lowest BCUT2D eigenvalue weighted by Crippen LogP contribution is -2.33. The van der Waals surface area contributed by atoms with Crippen molar-refractivity contribution in [1.82, 2.24) is 4.90 Å². The van der Waals surface area contributed by atoms with E-state index < -0.39 is 12.1 Å². The third kappa shape index (κ3) is 5.19. The number of hydrogen-bond donors (Lipinski definition) is 2. The smallest absolute Gasteiger partial charge is 0.360 e. The quantitative estimate of drug-likeness (QED) is 0.608. The summed E-state index contributed by atoms with van der Waals surface area (Å²) in [6.07, 6.45) is 4.30. The van der Waals surface area contributed by atoms with Crippen molar-refractivity contribution in [1.29, 1.82) is 5.26 Å². The second-order valence-corrected chi connectivity index (χ2v) is 8.38. The van der Waals surface area contributed by atoms with E-state index in [9.17, 15) is 15.2 Å². The first-order valence-corrected chi connectivity index (χ1v) is 11.1. The number of nitrogens with zero attached hydrogens (tertiary/aromatic N) is 3. The predicted molar refractivity (Wildman–Crippen MR) is 116 cm³/mol. The van der Waals surface area contributed by atoms with E-state index in [2.05, 4.69) is 21.4 Å². The van der Waals surface area contributed by atoms with Crippen LogP contribution in [0.3, 0.4) is 0 Å². The van der Waals surface area contributed by atoms with Crippen molar-refractivity contribution in [2.75, 3.05) is 44.7 Å². The third-order valence-corrected chi connectivity index (χ3v) is 6.56. The Morgan fingerprint density at radius 2 is 2.23 bits per heavy atom. The highest BCUT2D eigenvalue weighted by Gasteiger charge is 2.27. The molecule has 3 heterocycles. The van der Waals surface area contributed by atoms with Gasteiger partial charge in [0.25, 0.3) is 0 Å². The SMILES string of the molecule is CCOC(=O)C1=NOCC(C(O)c2sc(NCCN3CCCCC3)c(C#N)c2C)=C1. The van der Waals surface area contributed by atoms with Crippen molar-refractivity contribution >= 4 is 28.0 Å². The maximum absolute atomic E-state index is 11.9. The fourth-order valence-corrected chi connectivity index (χ4v) is 4.82. The molecule has 30 heavy (non-hydrogen) atoms. The van der Waals surface area contributed by atoms with E-state index in [-0.39, 0.29) is 18.9 Å². The maximum Gasteiger partial charge on any atom is 0.360 e. The number of nitrogens with one attached hydrogen (secondary N) is 1. The normalized spacial score (nSPS) is 17.9. The van der Waals surface area contributed by atoms with E-state index in [4.69, 9.17) is 9.57 Å². The van der Waals surface area contributed by atoms with Crippen LogP contribution in [0, 0.1) is 18.3 Å². The van der Waals surface area contributed by atoms with Gasteiger partial charge in [-0.3, -0.25) is 0 Å². The van der Waals surface area contributed by atoms with Crippen molar-refractivity contribution in [2.24, 2.45) is 5.16 Å². The van der Waals surface area contributed by atoms with Gasteiger partial charge in [-0.05, 0) is 51.4 Å². The average molecular weight is 433 g/mol. The Bertz CT molecular complexity index is 865. The molecule has 2 aliphatic rings. The average Bonchev–Trinajstić information content (AvgIpc) is 3.09. The van der Waals surface area contributed by atoms with Gasteiger partial charge in [0.15, 0.2) is 5.71 Å². The van der Waals surface area contributed by atoms with E-state index in [0.717, 1.165) is 36.7 Å². The van der Waals surface area contributed by atoms with Crippen LogP contribution in [0.2, 0.25) is 0 Å². The van der Waals surface area contributed by atoms with Crippen LogP contribution in [0.1, 0.15) is 48.3 Å². The predicted octanol–water partition coefficient (Wildman–Crippen LogP) is 2.74. The van der Waals surface area contributed by atoms with Crippen LogP contribution in [0.4, 0.5) is 5.00 Å². The monoisotopic (exact) mass is 432 g/mol. The summed E-state index contributed by atoms with van der Waals surface area (Å²) in [7, 11) is 0. The zero-order chi connectivity index (χ0) is 21.5.